The smallest absolute Gasteiger partial charge is 0.278 e. The first-order valence-electron chi connectivity index (χ1n) is 9.74. The SMILES string of the molecule is CC(=O)Nc1ccc(C)cc1-c1nnc(S[C@H](C)C(=O)Nc2cccc(Cl)c2C)[nH]c1=O. The number of aryl methyl sites for hydroxylation is 1. The summed E-state index contributed by atoms with van der Waals surface area (Å²) < 4.78 is 0. The number of thioether (sulfide) groups is 1. The summed E-state index contributed by atoms with van der Waals surface area (Å²) in [5.41, 5.74) is 2.82. The lowest BCUT2D eigenvalue weighted by atomic mass is 10.1. The molecule has 2 amide bonds. The van der Waals surface area contributed by atoms with Gasteiger partial charge in [-0.05, 0) is 50.6 Å². The Hall–Kier alpha value is -3.17. The maximum atomic E-state index is 12.7. The van der Waals surface area contributed by atoms with E-state index in [0.717, 1.165) is 22.9 Å². The first kappa shape index (κ1) is 23.5. The second kappa shape index (κ2) is 9.97. The molecular weight excluding hydrogens is 450 g/mol. The van der Waals surface area contributed by atoms with Crippen molar-refractivity contribution in [3.05, 3.63) is 62.9 Å². The third-order valence-electron chi connectivity index (χ3n) is 4.60. The number of rotatable bonds is 6. The third-order valence-corrected chi connectivity index (χ3v) is 5.98. The lowest BCUT2D eigenvalue weighted by molar-refractivity contribution is -0.115. The molecule has 166 valence electrons. The number of anilines is 2. The molecule has 0 aliphatic rings. The zero-order chi connectivity index (χ0) is 23.4. The molecular formula is C22H22ClN5O3S. The molecule has 1 atom stereocenters. The summed E-state index contributed by atoms with van der Waals surface area (Å²) in [6.45, 7) is 6.77. The summed E-state index contributed by atoms with van der Waals surface area (Å²) in [6.07, 6.45) is 0. The van der Waals surface area contributed by atoms with Crippen molar-refractivity contribution in [1.29, 1.82) is 0 Å². The van der Waals surface area contributed by atoms with Crippen LogP contribution in [0.3, 0.4) is 0 Å². The number of nitrogens with zero attached hydrogens (tertiary/aromatic N) is 2. The molecule has 0 saturated heterocycles. The minimum absolute atomic E-state index is 0.0773. The van der Waals surface area contributed by atoms with E-state index in [0.29, 0.717) is 22.0 Å². The average molecular weight is 472 g/mol. The number of carbonyl (C=O) groups is 2. The van der Waals surface area contributed by atoms with Crippen LogP contribution in [0.15, 0.2) is 46.3 Å². The van der Waals surface area contributed by atoms with E-state index >= 15 is 0 Å². The molecule has 32 heavy (non-hydrogen) atoms. The minimum Gasteiger partial charge on any atom is -0.326 e. The average Bonchev–Trinajstić information content (AvgIpc) is 2.72. The van der Waals surface area contributed by atoms with E-state index in [-0.39, 0.29) is 22.7 Å². The fourth-order valence-electron chi connectivity index (χ4n) is 2.90. The van der Waals surface area contributed by atoms with Crippen LogP contribution in [0.2, 0.25) is 5.02 Å². The van der Waals surface area contributed by atoms with Crippen molar-refractivity contribution < 1.29 is 9.59 Å². The Balaban J connectivity index is 1.79. The molecule has 0 spiro atoms. The van der Waals surface area contributed by atoms with Gasteiger partial charge in [0.2, 0.25) is 11.8 Å². The van der Waals surface area contributed by atoms with Crippen molar-refractivity contribution >= 4 is 46.6 Å². The molecule has 3 N–H and O–H groups in total. The van der Waals surface area contributed by atoms with Crippen molar-refractivity contribution in [3.8, 4) is 11.3 Å². The van der Waals surface area contributed by atoms with Crippen molar-refractivity contribution in [3.63, 3.8) is 0 Å². The van der Waals surface area contributed by atoms with Gasteiger partial charge in [0, 0.05) is 23.2 Å². The van der Waals surface area contributed by atoms with Crippen LogP contribution in [0.4, 0.5) is 11.4 Å². The Kier molecular flexibility index (Phi) is 7.32. The number of aromatic amines is 1. The Bertz CT molecular complexity index is 1240. The van der Waals surface area contributed by atoms with Gasteiger partial charge in [0.25, 0.3) is 5.56 Å². The van der Waals surface area contributed by atoms with Gasteiger partial charge in [-0.25, -0.2) is 0 Å². The highest BCUT2D eigenvalue weighted by Crippen LogP contribution is 2.27. The zero-order valence-electron chi connectivity index (χ0n) is 17.9. The zero-order valence-corrected chi connectivity index (χ0v) is 19.5. The van der Waals surface area contributed by atoms with Gasteiger partial charge >= 0.3 is 0 Å². The van der Waals surface area contributed by atoms with Crippen molar-refractivity contribution in [1.82, 2.24) is 15.2 Å². The fraction of sp³-hybridized carbons (Fsp3) is 0.227. The summed E-state index contributed by atoms with van der Waals surface area (Å²) in [4.78, 5) is 39.5. The van der Waals surface area contributed by atoms with Gasteiger partial charge in [-0.2, -0.15) is 0 Å². The van der Waals surface area contributed by atoms with Gasteiger partial charge in [-0.15, -0.1) is 10.2 Å². The summed E-state index contributed by atoms with van der Waals surface area (Å²) >= 11 is 7.17. The maximum Gasteiger partial charge on any atom is 0.278 e. The molecule has 1 aromatic heterocycles. The number of hydrogen-bond acceptors (Lipinski definition) is 6. The van der Waals surface area contributed by atoms with Crippen LogP contribution in [0.1, 0.15) is 25.0 Å². The van der Waals surface area contributed by atoms with Crippen LogP contribution in [-0.2, 0) is 9.59 Å². The summed E-state index contributed by atoms with van der Waals surface area (Å²) in [5.74, 6) is -0.528. The largest absolute Gasteiger partial charge is 0.326 e. The number of amides is 2. The number of carbonyl (C=O) groups excluding carboxylic acids is 2. The second-order valence-corrected chi connectivity index (χ2v) is 8.94. The topological polar surface area (TPSA) is 117 Å². The molecule has 0 aliphatic carbocycles. The lowest BCUT2D eigenvalue weighted by Gasteiger charge is -2.14. The molecule has 8 nitrogen and oxygen atoms in total. The van der Waals surface area contributed by atoms with Gasteiger partial charge in [0.1, 0.15) is 0 Å². The predicted molar refractivity (Wildman–Crippen MR) is 127 cm³/mol. The molecule has 3 aromatic rings. The molecule has 10 heteroatoms. The van der Waals surface area contributed by atoms with E-state index in [1.807, 2.05) is 19.9 Å². The van der Waals surface area contributed by atoms with Crippen molar-refractivity contribution in [2.24, 2.45) is 0 Å². The molecule has 3 rings (SSSR count). The molecule has 0 unspecified atom stereocenters. The van der Waals surface area contributed by atoms with Gasteiger partial charge in [-0.1, -0.05) is 41.1 Å². The summed E-state index contributed by atoms with van der Waals surface area (Å²) in [5, 5.41) is 13.9. The monoisotopic (exact) mass is 471 g/mol. The van der Waals surface area contributed by atoms with E-state index in [4.69, 9.17) is 11.6 Å². The molecule has 0 radical (unpaired) electrons. The van der Waals surface area contributed by atoms with Crippen molar-refractivity contribution in [2.45, 2.75) is 38.1 Å². The van der Waals surface area contributed by atoms with E-state index in [9.17, 15) is 14.4 Å². The summed E-state index contributed by atoms with van der Waals surface area (Å²) in [6, 6.07) is 10.5. The molecule has 0 fully saturated rings. The van der Waals surface area contributed by atoms with E-state index in [1.165, 1.54) is 6.92 Å². The molecule has 0 saturated carbocycles. The number of H-pyrrole nitrogens is 1. The first-order chi connectivity index (χ1) is 15.2. The fourth-order valence-corrected chi connectivity index (χ4v) is 3.82. The maximum absolute atomic E-state index is 12.7. The van der Waals surface area contributed by atoms with Crippen LogP contribution >= 0.6 is 23.4 Å². The summed E-state index contributed by atoms with van der Waals surface area (Å²) in [7, 11) is 0. The lowest BCUT2D eigenvalue weighted by Crippen LogP contribution is -2.24. The van der Waals surface area contributed by atoms with Gasteiger partial charge < -0.3 is 10.6 Å². The Morgan fingerprint density at radius 1 is 1.09 bits per heavy atom. The molecule has 0 bridgehead atoms. The number of hydrogen-bond donors (Lipinski definition) is 3. The van der Waals surface area contributed by atoms with Crippen LogP contribution < -0.4 is 16.2 Å². The van der Waals surface area contributed by atoms with Crippen LogP contribution in [0.25, 0.3) is 11.3 Å². The van der Waals surface area contributed by atoms with Gasteiger partial charge in [-0.3, -0.25) is 19.4 Å². The van der Waals surface area contributed by atoms with Crippen molar-refractivity contribution in [2.75, 3.05) is 10.6 Å². The first-order valence-corrected chi connectivity index (χ1v) is 11.0. The van der Waals surface area contributed by atoms with Crippen LogP contribution in [0.5, 0.6) is 0 Å². The number of benzene rings is 2. The Morgan fingerprint density at radius 3 is 2.53 bits per heavy atom. The van der Waals surface area contributed by atoms with E-state index in [1.54, 1.807) is 37.3 Å². The number of nitrogens with one attached hydrogen (secondary N) is 3. The standard InChI is InChI=1S/C22H22ClN5O3S/c1-11-8-9-18(24-14(4)29)15(10-11)19-21(31)26-22(28-27-19)32-13(3)20(30)25-17-7-5-6-16(23)12(17)2/h5-10,13H,1-4H3,(H,24,29)(H,25,30)(H,26,28,31)/t13-/m1/s1. The third kappa shape index (κ3) is 5.54. The Morgan fingerprint density at radius 2 is 1.84 bits per heavy atom. The van der Waals surface area contributed by atoms with Gasteiger partial charge in [0.05, 0.1) is 10.9 Å². The Labute approximate surface area is 194 Å². The van der Waals surface area contributed by atoms with E-state index < -0.39 is 10.8 Å². The molecule has 2 aromatic carbocycles. The molecule has 0 aliphatic heterocycles. The number of aromatic nitrogens is 3. The highest BCUT2D eigenvalue weighted by atomic mass is 35.5. The van der Waals surface area contributed by atoms with Crippen LogP contribution in [0, 0.1) is 13.8 Å². The van der Waals surface area contributed by atoms with E-state index in [2.05, 4.69) is 25.8 Å². The second-order valence-electron chi connectivity index (χ2n) is 7.20. The normalized spacial score (nSPS) is 11.7. The number of halogens is 1. The highest BCUT2D eigenvalue weighted by molar-refractivity contribution is 8.00. The minimum atomic E-state index is -0.557. The van der Waals surface area contributed by atoms with Crippen LogP contribution in [-0.4, -0.2) is 32.2 Å². The molecule has 1 heterocycles. The predicted octanol–water partition coefficient (Wildman–Crippen LogP) is 4.18. The highest BCUT2D eigenvalue weighted by Gasteiger charge is 2.19. The quantitative estimate of drug-likeness (QED) is 0.464. The van der Waals surface area contributed by atoms with Gasteiger partial charge in [0.15, 0.2) is 10.9 Å².